The van der Waals surface area contributed by atoms with E-state index >= 15 is 0 Å². The first-order valence-electron chi connectivity index (χ1n) is 3.55. The Balaban J connectivity index is 3.87. The molecule has 4 nitrogen and oxygen atoms in total. The van der Waals surface area contributed by atoms with Gasteiger partial charge in [-0.1, -0.05) is 13.8 Å². The Morgan fingerprint density at radius 3 is 2.27 bits per heavy atom. The molecule has 0 aliphatic rings. The summed E-state index contributed by atoms with van der Waals surface area (Å²) in [5.74, 6) is 0.129. The number of urea groups is 1. The predicted octanol–water partition coefficient (Wildman–Crippen LogP) is 0.139. The molecule has 0 aromatic rings. The van der Waals surface area contributed by atoms with Gasteiger partial charge in [0.25, 0.3) is 0 Å². The Bertz CT molecular complexity index is 145. The fourth-order valence-corrected chi connectivity index (χ4v) is 0.581. The summed E-state index contributed by atoms with van der Waals surface area (Å²) in [6, 6.07) is -0.717. The molecule has 0 saturated carbocycles. The molecule has 2 amide bonds. The minimum Gasteiger partial charge on any atom is -0.341 e. The third-order valence-corrected chi connectivity index (χ3v) is 1.39. The molecule has 0 heterocycles. The minimum atomic E-state index is -0.394. The standard InChI is InChI=1S/C7H14N2O2/c1-5(2)6(4-10)9-7(11)8-3/h4-6H,1-3H3,(H2,8,9,11)/t6-/m1/s1. The van der Waals surface area contributed by atoms with Gasteiger partial charge < -0.3 is 15.4 Å². The highest BCUT2D eigenvalue weighted by atomic mass is 16.2. The number of carbonyl (C=O) groups is 2. The summed E-state index contributed by atoms with van der Waals surface area (Å²) in [5, 5.41) is 4.87. The number of nitrogens with one attached hydrogen (secondary N) is 2. The van der Waals surface area contributed by atoms with Crippen molar-refractivity contribution in [1.82, 2.24) is 10.6 Å². The lowest BCUT2D eigenvalue weighted by Crippen LogP contribution is -2.44. The maximum atomic E-state index is 10.7. The molecule has 1 atom stereocenters. The highest BCUT2D eigenvalue weighted by Gasteiger charge is 2.13. The van der Waals surface area contributed by atoms with Crippen molar-refractivity contribution in [2.75, 3.05) is 7.05 Å². The van der Waals surface area contributed by atoms with Gasteiger partial charge >= 0.3 is 6.03 Å². The lowest BCUT2D eigenvalue weighted by molar-refractivity contribution is -0.110. The first kappa shape index (κ1) is 9.94. The lowest BCUT2D eigenvalue weighted by Gasteiger charge is -2.15. The first-order valence-corrected chi connectivity index (χ1v) is 3.55. The number of hydrogen-bond acceptors (Lipinski definition) is 2. The average molecular weight is 158 g/mol. The van der Waals surface area contributed by atoms with Crippen LogP contribution in [0.15, 0.2) is 0 Å². The van der Waals surface area contributed by atoms with Gasteiger partial charge in [-0.05, 0) is 5.92 Å². The first-order chi connectivity index (χ1) is 5.11. The molecule has 0 spiro atoms. The Labute approximate surface area is 66.4 Å². The SMILES string of the molecule is CNC(=O)N[C@H](C=O)C(C)C. The van der Waals surface area contributed by atoms with E-state index in [0.717, 1.165) is 6.29 Å². The van der Waals surface area contributed by atoms with E-state index in [1.807, 2.05) is 13.8 Å². The van der Waals surface area contributed by atoms with E-state index in [1.54, 1.807) is 0 Å². The summed E-state index contributed by atoms with van der Waals surface area (Å²) in [6.07, 6.45) is 0.736. The highest BCUT2D eigenvalue weighted by Crippen LogP contribution is 1.97. The minimum absolute atomic E-state index is 0.129. The Morgan fingerprint density at radius 2 is 2.00 bits per heavy atom. The van der Waals surface area contributed by atoms with E-state index in [0.29, 0.717) is 0 Å². The molecule has 2 N–H and O–H groups in total. The van der Waals surface area contributed by atoms with Crippen LogP contribution < -0.4 is 10.6 Å². The summed E-state index contributed by atoms with van der Waals surface area (Å²) in [4.78, 5) is 21.1. The zero-order chi connectivity index (χ0) is 8.85. The fourth-order valence-electron chi connectivity index (χ4n) is 0.581. The van der Waals surface area contributed by atoms with Gasteiger partial charge in [-0.15, -0.1) is 0 Å². The van der Waals surface area contributed by atoms with Crippen molar-refractivity contribution >= 4 is 12.3 Å². The van der Waals surface area contributed by atoms with Crippen molar-refractivity contribution in [2.45, 2.75) is 19.9 Å². The van der Waals surface area contributed by atoms with Gasteiger partial charge in [-0.3, -0.25) is 0 Å². The van der Waals surface area contributed by atoms with Gasteiger partial charge in [-0.25, -0.2) is 4.79 Å². The summed E-state index contributed by atoms with van der Waals surface area (Å²) < 4.78 is 0. The molecule has 0 aromatic heterocycles. The zero-order valence-electron chi connectivity index (χ0n) is 7.05. The van der Waals surface area contributed by atoms with Crippen LogP contribution in [-0.2, 0) is 4.79 Å². The number of hydrogen-bond donors (Lipinski definition) is 2. The van der Waals surface area contributed by atoms with E-state index in [-0.39, 0.29) is 11.9 Å². The van der Waals surface area contributed by atoms with E-state index in [1.165, 1.54) is 7.05 Å². The van der Waals surface area contributed by atoms with Crippen LogP contribution in [0.25, 0.3) is 0 Å². The molecule has 0 bridgehead atoms. The van der Waals surface area contributed by atoms with Gasteiger partial charge in [0.1, 0.15) is 6.29 Å². The van der Waals surface area contributed by atoms with Gasteiger partial charge in [0.2, 0.25) is 0 Å². The summed E-state index contributed by atoms with van der Waals surface area (Å²) in [6.45, 7) is 3.74. The summed E-state index contributed by atoms with van der Waals surface area (Å²) in [7, 11) is 1.51. The zero-order valence-corrected chi connectivity index (χ0v) is 7.05. The smallest absolute Gasteiger partial charge is 0.315 e. The topological polar surface area (TPSA) is 58.2 Å². The van der Waals surface area contributed by atoms with Crippen LogP contribution in [0.5, 0.6) is 0 Å². The summed E-state index contributed by atoms with van der Waals surface area (Å²) in [5.41, 5.74) is 0. The monoisotopic (exact) mass is 158 g/mol. The van der Waals surface area contributed by atoms with Gasteiger partial charge in [0, 0.05) is 7.05 Å². The van der Waals surface area contributed by atoms with Gasteiger partial charge in [0.15, 0.2) is 0 Å². The van der Waals surface area contributed by atoms with Crippen LogP contribution in [0.3, 0.4) is 0 Å². The Kier molecular flexibility index (Phi) is 4.26. The average Bonchev–Trinajstić information content (AvgIpc) is 1.99. The van der Waals surface area contributed by atoms with Crippen LogP contribution >= 0.6 is 0 Å². The van der Waals surface area contributed by atoms with Gasteiger partial charge in [0.05, 0.1) is 6.04 Å². The van der Waals surface area contributed by atoms with E-state index in [4.69, 9.17) is 0 Å². The normalized spacial score (nSPS) is 12.4. The van der Waals surface area contributed by atoms with Crippen molar-refractivity contribution in [3.05, 3.63) is 0 Å². The number of aldehydes is 1. The van der Waals surface area contributed by atoms with Crippen molar-refractivity contribution < 1.29 is 9.59 Å². The fraction of sp³-hybridized carbons (Fsp3) is 0.714. The van der Waals surface area contributed by atoms with Crippen molar-refractivity contribution in [2.24, 2.45) is 5.92 Å². The van der Waals surface area contributed by atoms with E-state index in [2.05, 4.69) is 10.6 Å². The van der Waals surface area contributed by atoms with Crippen molar-refractivity contribution in [1.29, 1.82) is 0 Å². The van der Waals surface area contributed by atoms with E-state index < -0.39 is 6.04 Å². The Hall–Kier alpha value is -1.06. The molecule has 11 heavy (non-hydrogen) atoms. The van der Waals surface area contributed by atoms with Crippen LogP contribution in [0.4, 0.5) is 4.79 Å². The maximum absolute atomic E-state index is 10.7. The molecule has 0 rings (SSSR count). The third kappa shape index (κ3) is 3.60. The van der Waals surface area contributed by atoms with Crippen molar-refractivity contribution in [3.8, 4) is 0 Å². The third-order valence-electron chi connectivity index (χ3n) is 1.39. The number of rotatable bonds is 3. The number of carbonyl (C=O) groups excluding carboxylic acids is 2. The van der Waals surface area contributed by atoms with Crippen LogP contribution in [-0.4, -0.2) is 25.4 Å². The summed E-state index contributed by atoms with van der Waals surface area (Å²) >= 11 is 0. The highest BCUT2D eigenvalue weighted by molar-refractivity contribution is 5.77. The number of amides is 2. The van der Waals surface area contributed by atoms with Gasteiger partial charge in [-0.2, -0.15) is 0 Å². The molecular weight excluding hydrogens is 144 g/mol. The molecule has 0 aliphatic carbocycles. The molecular formula is C7H14N2O2. The molecule has 0 fully saturated rings. The largest absolute Gasteiger partial charge is 0.341 e. The lowest BCUT2D eigenvalue weighted by atomic mass is 10.1. The Morgan fingerprint density at radius 1 is 1.45 bits per heavy atom. The molecule has 0 saturated heterocycles. The quantitative estimate of drug-likeness (QED) is 0.574. The van der Waals surface area contributed by atoms with Crippen LogP contribution in [0.2, 0.25) is 0 Å². The van der Waals surface area contributed by atoms with Crippen LogP contribution in [0.1, 0.15) is 13.8 Å². The van der Waals surface area contributed by atoms with Crippen LogP contribution in [0, 0.1) is 5.92 Å². The van der Waals surface area contributed by atoms with Crippen molar-refractivity contribution in [3.63, 3.8) is 0 Å². The molecule has 0 aromatic carbocycles. The van der Waals surface area contributed by atoms with E-state index in [9.17, 15) is 9.59 Å². The predicted molar refractivity (Wildman–Crippen MR) is 42.3 cm³/mol. The second kappa shape index (κ2) is 4.71. The second-order valence-electron chi connectivity index (χ2n) is 2.63. The molecule has 4 heteroatoms. The molecule has 0 unspecified atom stereocenters. The second-order valence-corrected chi connectivity index (χ2v) is 2.63. The maximum Gasteiger partial charge on any atom is 0.315 e. The molecule has 0 aliphatic heterocycles. The molecule has 0 radical (unpaired) electrons. The molecule has 64 valence electrons.